The molecule has 0 bridgehead atoms. The topological polar surface area (TPSA) is 38.1 Å². The average molecular weight is 595 g/mol. The third-order valence-corrected chi connectivity index (χ3v) is 6.54. The summed E-state index contributed by atoms with van der Waals surface area (Å²) in [5.74, 6) is -0.0754. The number of carbonyl (C=O) groups is 1. The van der Waals surface area contributed by atoms with Crippen molar-refractivity contribution >= 4 is 79.3 Å². The van der Waals surface area contributed by atoms with E-state index in [1.807, 2.05) is 11.5 Å². The second kappa shape index (κ2) is 7.27. The van der Waals surface area contributed by atoms with Gasteiger partial charge in [0.05, 0.1) is 16.4 Å². The van der Waals surface area contributed by atoms with Crippen LogP contribution in [0.2, 0.25) is 10.0 Å². The summed E-state index contributed by atoms with van der Waals surface area (Å²) in [5.41, 5.74) is 0.270. The summed E-state index contributed by atoms with van der Waals surface area (Å²) in [5, 5.41) is 0.846. The number of carbonyl (C=O) groups excluding carboxylic acids is 1. The molecule has 2 heterocycles. The molecule has 0 aliphatic carbocycles. The predicted molar refractivity (Wildman–Crippen MR) is 120 cm³/mol. The minimum Gasteiger partial charge on any atom is -0.289 e. The molecular formula is C19H12BrCl2FIN3O. The lowest BCUT2D eigenvalue weighted by atomic mass is 9.92. The molecule has 144 valence electrons. The van der Waals surface area contributed by atoms with Crippen LogP contribution >= 0.6 is 61.7 Å². The van der Waals surface area contributed by atoms with Gasteiger partial charge in [0.25, 0.3) is 5.91 Å². The zero-order valence-electron chi connectivity index (χ0n) is 14.4. The van der Waals surface area contributed by atoms with Crippen LogP contribution in [-0.4, -0.2) is 15.5 Å². The van der Waals surface area contributed by atoms with E-state index in [1.165, 1.54) is 11.0 Å². The number of aromatic nitrogens is 2. The molecule has 9 heteroatoms. The van der Waals surface area contributed by atoms with Crippen LogP contribution in [-0.2, 0) is 16.8 Å². The Morgan fingerprint density at radius 2 is 1.89 bits per heavy atom. The van der Waals surface area contributed by atoms with E-state index in [0.717, 1.165) is 3.70 Å². The summed E-state index contributed by atoms with van der Waals surface area (Å²) in [7, 11) is 0. The normalized spacial score (nSPS) is 18.6. The summed E-state index contributed by atoms with van der Waals surface area (Å²) in [6.07, 6.45) is 2.00. The number of amides is 1. The highest BCUT2D eigenvalue weighted by molar-refractivity contribution is 14.1. The van der Waals surface area contributed by atoms with Gasteiger partial charge in [-0.3, -0.25) is 9.36 Å². The SMILES string of the molecule is C[C@@]1(Cc2ccc(Br)c(F)c2)C(=O)N(c2cc(Cl)cc(Cl)c2)c2ncc(I)n21. The van der Waals surface area contributed by atoms with Gasteiger partial charge in [-0.05, 0) is 81.3 Å². The standard InChI is InChI=1S/C19H12BrCl2FIN3O/c1-19(8-10-2-3-14(20)15(23)4-10)17(28)26(18-25-9-16(24)27(18)19)13-6-11(21)5-12(22)7-13/h2-7,9H,8H2,1H3/t19-/m1/s1. The first-order chi connectivity index (χ1) is 13.2. The fourth-order valence-electron chi connectivity index (χ4n) is 3.47. The second-order valence-corrected chi connectivity index (χ2v) is 9.52. The lowest BCUT2D eigenvalue weighted by molar-refractivity contribution is -0.124. The summed E-state index contributed by atoms with van der Waals surface area (Å²) in [4.78, 5) is 19.5. The largest absolute Gasteiger partial charge is 0.289 e. The summed E-state index contributed by atoms with van der Waals surface area (Å²) in [6.45, 7) is 1.83. The first-order valence-electron chi connectivity index (χ1n) is 8.19. The molecule has 1 aromatic heterocycles. The Balaban J connectivity index is 1.83. The number of rotatable bonds is 3. The number of nitrogens with zero attached hydrogens (tertiary/aromatic N) is 3. The molecule has 3 aromatic rings. The Kier molecular flexibility index (Phi) is 5.22. The zero-order valence-corrected chi connectivity index (χ0v) is 19.6. The zero-order chi connectivity index (χ0) is 20.2. The highest BCUT2D eigenvalue weighted by Gasteiger charge is 2.50. The average Bonchev–Trinajstić information content (AvgIpc) is 3.08. The highest BCUT2D eigenvalue weighted by Crippen LogP contribution is 2.43. The molecule has 1 amide bonds. The molecule has 0 radical (unpaired) electrons. The molecule has 28 heavy (non-hydrogen) atoms. The molecule has 4 rings (SSSR count). The van der Waals surface area contributed by atoms with E-state index in [-0.39, 0.29) is 11.7 Å². The van der Waals surface area contributed by atoms with Crippen molar-refractivity contribution in [2.24, 2.45) is 0 Å². The quantitative estimate of drug-likeness (QED) is 0.332. The maximum atomic E-state index is 14.0. The molecule has 0 N–H and O–H groups in total. The molecule has 2 aromatic carbocycles. The van der Waals surface area contributed by atoms with E-state index < -0.39 is 5.54 Å². The van der Waals surface area contributed by atoms with E-state index >= 15 is 0 Å². The van der Waals surface area contributed by atoms with Gasteiger partial charge in [0, 0.05) is 16.5 Å². The Hall–Kier alpha value is -1.16. The molecule has 1 atom stereocenters. The first kappa shape index (κ1) is 20.1. The summed E-state index contributed by atoms with van der Waals surface area (Å²) in [6, 6.07) is 9.82. The van der Waals surface area contributed by atoms with Gasteiger partial charge in [0.15, 0.2) is 0 Å². The van der Waals surface area contributed by atoms with Crippen molar-refractivity contribution in [1.82, 2.24) is 9.55 Å². The monoisotopic (exact) mass is 593 g/mol. The fourth-order valence-corrected chi connectivity index (χ4v) is 5.11. The van der Waals surface area contributed by atoms with Crippen LogP contribution in [0.1, 0.15) is 12.5 Å². The Labute approximate surface area is 192 Å². The molecule has 0 saturated carbocycles. The van der Waals surface area contributed by atoms with Crippen LogP contribution in [0.3, 0.4) is 0 Å². The lowest BCUT2D eigenvalue weighted by Gasteiger charge is -2.26. The van der Waals surface area contributed by atoms with Crippen LogP contribution < -0.4 is 4.90 Å². The van der Waals surface area contributed by atoms with E-state index in [2.05, 4.69) is 43.5 Å². The van der Waals surface area contributed by atoms with Crippen molar-refractivity contribution in [3.63, 3.8) is 0 Å². The first-order valence-corrected chi connectivity index (χ1v) is 10.8. The van der Waals surface area contributed by atoms with Crippen molar-refractivity contribution < 1.29 is 9.18 Å². The number of hydrogen-bond acceptors (Lipinski definition) is 2. The summed E-state index contributed by atoms with van der Waals surface area (Å²) >= 11 is 17.6. The number of imidazole rings is 1. The second-order valence-electron chi connectivity index (χ2n) is 6.68. The van der Waals surface area contributed by atoms with Gasteiger partial charge in [0.2, 0.25) is 5.95 Å². The minimum atomic E-state index is -0.975. The van der Waals surface area contributed by atoms with Crippen LogP contribution in [0.5, 0.6) is 0 Å². The van der Waals surface area contributed by atoms with Crippen molar-refractivity contribution in [2.45, 2.75) is 18.9 Å². The molecule has 1 aliphatic rings. The number of hydrogen-bond donors (Lipinski definition) is 0. The lowest BCUT2D eigenvalue weighted by Crippen LogP contribution is -2.41. The van der Waals surface area contributed by atoms with Gasteiger partial charge in [-0.25, -0.2) is 14.3 Å². The Bertz CT molecular complexity index is 1100. The van der Waals surface area contributed by atoms with Gasteiger partial charge in [0.1, 0.15) is 15.1 Å². The molecule has 1 aliphatic heterocycles. The van der Waals surface area contributed by atoms with E-state index in [4.69, 9.17) is 23.2 Å². The molecule has 0 saturated heterocycles. The number of fused-ring (bicyclic) bond motifs is 1. The van der Waals surface area contributed by atoms with Crippen molar-refractivity contribution in [2.75, 3.05) is 4.90 Å². The smallest absolute Gasteiger partial charge is 0.260 e. The molecule has 0 spiro atoms. The van der Waals surface area contributed by atoms with Crippen LogP contribution in [0.4, 0.5) is 16.0 Å². The van der Waals surface area contributed by atoms with Gasteiger partial charge >= 0.3 is 0 Å². The number of benzene rings is 2. The molecule has 0 fully saturated rings. The Morgan fingerprint density at radius 1 is 1.21 bits per heavy atom. The van der Waals surface area contributed by atoms with Gasteiger partial charge in [-0.2, -0.15) is 0 Å². The van der Waals surface area contributed by atoms with Crippen molar-refractivity contribution in [3.05, 3.63) is 72.2 Å². The Morgan fingerprint density at radius 3 is 2.54 bits per heavy atom. The number of anilines is 2. The third kappa shape index (κ3) is 3.26. The van der Waals surface area contributed by atoms with Gasteiger partial charge < -0.3 is 0 Å². The van der Waals surface area contributed by atoms with Crippen LogP contribution in [0.15, 0.2) is 47.1 Å². The van der Waals surface area contributed by atoms with Gasteiger partial charge in [-0.15, -0.1) is 0 Å². The third-order valence-electron chi connectivity index (χ3n) is 4.70. The maximum absolute atomic E-state index is 14.0. The maximum Gasteiger partial charge on any atom is 0.260 e. The van der Waals surface area contributed by atoms with E-state index in [1.54, 1.807) is 36.5 Å². The van der Waals surface area contributed by atoms with Gasteiger partial charge in [-0.1, -0.05) is 29.3 Å². The molecule has 4 nitrogen and oxygen atoms in total. The van der Waals surface area contributed by atoms with Crippen molar-refractivity contribution in [3.8, 4) is 0 Å². The fraction of sp³-hybridized carbons (Fsp3) is 0.158. The predicted octanol–water partition coefficient (Wildman–Crippen LogP) is 6.33. The summed E-state index contributed by atoms with van der Waals surface area (Å²) < 4.78 is 17.1. The minimum absolute atomic E-state index is 0.185. The molecule has 0 unspecified atom stereocenters. The van der Waals surface area contributed by atoms with E-state index in [0.29, 0.717) is 38.1 Å². The van der Waals surface area contributed by atoms with Crippen LogP contribution in [0.25, 0.3) is 0 Å². The van der Waals surface area contributed by atoms with Crippen molar-refractivity contribution in [1.29, 1.82) is 0 Å². The highest BCUT2D eigenvalue weighted by atomic mass is 127. The van der Waals surface area contributed by atoms with E-state index in [9.17, 15) is 9.18 Å². The number of halogens is 5. The molecular weight excluding hydrogens is 583 g/mol. The van der Waals surface area contributed by atoms with Crippen LogP contribution in [0, 0.1) is 9.52 Å².